The highest BCUT2D eigenvalue weighted by molar-refractivity contribution is 7.11. The molecule has 0 atom stereocenters. The highest BCUT2D eigenvalue weighted by atomic mass is 35.5. The Morgan fingerprint density at radius 3 is 2.31 bits per heavy atom. The second-order valence-electron chi connectivity index (χ2n) is 5.23. The maximum Gasteiger partial charge on any atom is 0.0900 e. The molecule has 4 heteroatoms. The Kier molecular flexibility index (Phi) is 6.53. The van der Waals surface area contributed by atoms with Crippen LogP contribution in [0.15, 0.2) is 0 Å². The van der Waals surface area contributed by atoms with Gasteiger partial charge in [-0.25, -0.2) is 4.98 Å². The van der Waals surface area contributed by atoms with Crippen molar-refractivity contribution < 1.29 is 0 Å². The van der Waals surface area contributed by atoms with Crippen LogP contribution in [-0.2, 0) is 6.42 Å². The number of hydrogen-bond acceptors (Lipinski definition) is 3. The fraction of sp³-hybridized carbons (Fsp3) is 0.750. The van der Waals surface area contributed by atoms with E-state index >= 15 is 0 Å². The maximum atomic E-state index is 4.43. The molecule has 0 bridgehead atoms. The maximum absolute atomic E-state index is 4.43. The molecule has 16 heavy (non-hydrogen) atoms. The molecule has 0 radical (unpaired) electrons. The zero-order valence-corrected chi connectivity index (χ0v) is 12.5. The third-order valence-corrected chi connectivity index (χ3v) is 3.32. The lowest BCUT2D eigenvalue weighted by molar-refractivity contribution is 0.382. The molecule has 0 aliphatic rings. The summed E-state index contributed by atoms with van der Waals surface area (Å²) in [4.78, 5) is 5.85. The predicted octanol–water partition coefficient (Wildman–Crippen LogP) is 3.36. The number of nitrogens with one attached hydrogen (secondary N) is 1. The van der Waals surface area contributed by atoms with Crippen LogP contribution in [0, 0.1) is 19.3 Å². The van der Waals surface area contributed by atoms with E-state index in [0.717, 1.165) is 19.5 Å². The van der Waals surface area contributed by atoms with Gasteiger partial charge in [0, 0.05) is 18.0 Å². The molecule has 1 heterocycles. The van der Waals surface area contributed by atoms with Gasteiger partial charge in [0.1, 0.15) is 0 Å². The SMILES string of the molecule is Cc1nc(C)c(CCNCC(C)(C)C)s1.Cl. The third kappa shape index (κ3) is 5.83. The van der Waals surface area contributed by atoms with Crippen molar-refractivity contribution in [2.45, 2.75) is 41.0 Å². The minimum absolute atomic E-state index is 0. The standard InChI is InChI=1S/C12H22N2S.ClH/c1-9-11(15-10(2)14-9)6-7-13-8-12(3,4)5;/h13H,6-8H2,1-5H3;1H. The van der Waals surface area contributed by atoms with Crippen LogP contribution in [0.4, 0.5) is 0 Å². The molecular formula is C12H23ClN2S. The first-order valence-corrected chi connectivity index (χ1v) is 6.34. The van der Waals surface area contributed by atoms with E-state index in [-0.39, 0.29) is 12.4 Å². The van der Waals surface area contributed by atoms with Gasteiger partial charge in [-0.1, -0.05) is 20.8 Å². The highest BCUT2D eigenvalue weighted by Crippen LogP contribution is 2.17. The lowest BCUT2D eigenvalue weighted by Gasteiger charge is -2.18. The van der Waals surface area contributed by atoms with Gasteiger partial charge in [-0.05, 0) is 25.7 Å². The first-order valence-electron chi connectivity index (χ1n) is 5.52. The van der Waals surface area contributed by atoms with Crippen LogP contribution in [0.2, 0.25) is 0 Å². The van der Waals surface area contributed by atoms with Crippen molar-refractivity contribution in [2.24, 2.45) is 5.41 Å². The predicted molar refractivity (Wildman–Crippen MR) is 74.9 cm³/mol. The molecule has 0 amide bonds. The van der Waals surface area contributed by atoms with Crippen LogP contribution in [-0.4, -0.2) is 18.1 Å². The Hall–Kier alpha value is -0.120. The Morgan fingerprint density at radius 2 is 1.88 bits per heavy atom. The van der Waals surface area contributed by atoms with E-state index in [0.29, 0.717) is 5.41 Å². The number of aromatic nitrogens is 1. The lowest BCUT2D eigenvalue weighted by atomic mass is 9.97. The molecule has 1 rings (SSSR count). The van der Waals surface area contributed by atoms with E-state index in [2.05, 4.69) is 44.9 Å². The first kappa shape index (κ1) is 15.9. The number of thiazole rings is 1. The average Bonchev–Trinajstić information content (AvgIpc) is 2.37. The second-order valence-corrected chi connectivity index (χ2v) is 6.52. The Morgan fingerprint density at radius 1 is 1.25 bits per heavy atom. The summed E-state index contributed by atoms with van der Waals surface area (Å²) in [5.74, 6) is 0. The van der Waals surface area contributed by atoms with Gasteiger partial charge in [0.05, 0.1) is 10.7 Å². The van der Waals surface area contributed by atoms with Crippen LogP contribution in [0.1, 0.15) is 36.3 Å². The Balaban J connectivity index is 0.00000225. The zero-order chi connectivity index (χ0) is 11.5. The Bertz CT molecular complexity index is 315. The molecule has 0 aliphatic carbocycles. The fourth-order valence-electron chi connectivity index (χ4n) is 1.47. The minimum Gasteiger partial charge on any atom is -0.316 e. The molecule has 0 unspecified atom stereocenters. The molecule has 0 saturated heterocycles. The molecule has 0 saturated carbocycles. The summed E-state index contributed by atoms with van der Waals surface area (Å²) in [7, 11) is 0. The van der Waals surface area contributed by atoms with Gasteiger partial charge in [0.25, 0.3) is 0 Å². The molecule has 1 aromatic rings. The van der Waals surface area contributed by atoms with Crippen molar-refractivity contribution in [3.05, 3.63) is 15.6 Å². The zero-order valence-electron chi connectivity index (χ0n) is 10.9. The van der Waals surface area contributed by atoms with Crippen LogP contribution < -0.4 is 5.32 Å². The molecule has 0 spiro atoms. The van der Waals surface area contributed by atoms with Crippen LogP contribution >= 0.6 is 23.7 Å². The molecule has 0 aromatic carbocycles. The summed E-state index contributed by atoms with van der Waals surface area (Å²) < 4.78 is 0. The second kappa shape index (κ2) is 6.58. The number of nitrogens with zero attached hydrogens (tertiary/aromatic N) is 1. The molecule has 94 valence electrons. The first-order chi connectivity index (χ1) is 6.88. The van der Waals surface area contributed by atoms with E-state index in [1.54, 1.807) is 0 Å². The third-order valence-electron chi connectivity index (χ3n) is 2.18. The van der Waals surface area contributed by atoms with Crippen LogP contribution in [0.25, 0.3) is 0 Å². The minimum atomic E-state index is 0. The lowest BCUT2D eigenvalue weighted by Crippen LogP contribution is -2.28. The van der Waals surface area contributed by atoms with E-state index in [1.807, 2.05) is 11.3 Å². The van der Waals surface area contributed by atoms with E-state index < -0.39 is 0 Å². The normalized spacial score (nSPS) is 11.3. The van der Waals surface area contributed by atoms with E-state index in [4.69, 9.17) is 0 Å². The quantitative estimate of drug-likeness (QED) is 0.842. The van der Waals surface area contributed by atoms with Gasteiger partial charge in [0.2, 0.25) is 0 Å². The van der Waals surface area contributed by atoms with Crippen molar-refractivity contribution in [3.8, 4) is 0 Å². The van der Waals surface area contributed by atoms with Crippen molar-refractivity contribution in [1.29, 1.82) is 0 Å². The van der Waals surface area contributed by atoms with Gasteiger partial charge in [-0.15, -0.1) is 23.7 Å². The summed E-state index contributed by atoms with van der Waals surface area (Å²) in [5, 5.41) is 4.67. The molecule has 1 N–H and O–H groups in total. The molecule has 0 aliphatic heterocycles. The van der Waals surface area contributed by atoms with Crippen LogP contribution in [0.5, 0.6) is 0 Å². The van der Waals surface area contributed by atoms with Crippen molar-refractivity contribution in [1.82, 2.24) is 10.3 Å². The van der Waals surface area contributed by atoms with Gasteiger partial charge in [-0.3, -0.25) is 0 Å². The summed E-state index contributed by atoms with van der Waals surface area (Å²) >= 11 is 1.82. The smallest absolute Gasteiger partial charge is 0.0900 e. The number of halogens is 1. The highest BCUT2D eigenvalue weighted by Gasteiger charge is 2.09. The monoisotopic (exact) mass is 262 g/mol. The number of hydrogen-bond donors (Lipinski definition) is 1. The molecule has 1 aromatic heterocycles. The van der Waals surface area contributed by atoms with Crippen molar-refractivity contribution in [2.75, 3.05) is 13.1 Å². The number of aryl methyl sites for hydroxylation is 2. The molecule has 2 nitrogen and oxygen atoms in total. The summed E-state index contributed by atoms with van der Waals surface area (Å²) in [5.41, 5.74) is 1.58. The topological polar surface area (TPSA) is 24.9 Å². The van der Waals surface area contributed by atoms with Gasteiger partial charge < -0.3 is 5.32 Å². The van der Waals surface area contributed by atoms with Crippen molar-refractivity contribution >= 4 is 23.7 Å². The average molecular weight is 263 g/mol. The van der Waals surface area contributed by atoms with Crippen molar-refractivity contribution in [3.63, 3.8) is 0 Å². The van der Waals surface area contributed by atoms with Gasteiger partial charge >= 0.3 is 0 Å². The van der Waals surface area contributed by atoms with E-state index in [1.165, 1.54) is 15.6 Å². The largest absolute Gasteiger partial charge is 0.316 e. The molecular weight excluding hydrogens is 240 g/mol. The number of rotatable bonds is 4. The summed E-state index contributed by atoms with van der Waals surface area (Å²) in [6.07, 6.45) is 1.10. The van der Waals surface area contributed by atoms with Crippen LogP contribution in [0.3, 0.4) is 0 Å². The van der Waals surface area contributed by atoms with Gasteiger partial charge in [0.15, 0.2) is 0 Å². The van der Waals surface area contributed by atoms with Gasteiger partial charge in [-0.2, -0.15) is 0 Å². The van der Waals surface area contributed by atoms with E-state index in [9.17, 15) is 0 Å². The summed E-state index contributed by atoms with van der Waals surface area (Å²) in [6, 6.07) is 0. The Labute approximate surface area is 109 Å². The summed E-state index contributed by atoms with van der Waals surface area (Å²) in [6.45, 7) is 13.1. The fourth-order valence-corrected chi connectivity index (χ4v) is 2.41. The molecule has 0 fully saturated rings.